The van der Waals surface area contributed by atoms with Gasteiger partial charge >= 0.3 is 6.03 Å². The first-order valence-corrected chi connectivity index (χ1v) is 4.03. The van der Waals surface area contributed by atoms with Crippen LogP contribution in [0.25, 0.3) is 0 Å². The molecule has 0 aliphatic carbocycles. The van der Waals surface area contributed by atoms with E-state index in [2.05, 4.69) is 10.4 Å². The van der Waals surface area contributed by atoms with Gasteiger partial charge in [-0.1, -0.05) is 0 Å². The molecule has 0 bridgehead atoms. The lowest BCUT2D eigenvalue weighted by Gasteiger charge is -2.11. The first kappa shape index (κ1) is 9.57. The van der Waals surface area contributed by atoms with Gasteiger partial charge < -0.3 is 10.2 Å². The van der Waals surface area contributed by atoms with E-state index in [4.69, 9.17) is 0 Å². The van der Waals surface area contributed by atoms with E-state index in [0.29, 0.717) is 6.54 Å². The summed E-state index contributed by atoms with van der Waals surface area (Å²) in [7, 11) is 5.26. The van der Waals surface area contributed by atoms with Crippen molar-refractivity contribution in [3.05, 3.63) is 18.0 Å². The molecule has 0 fully saturated rings. The molecule has 5 nitrogen and oxygen atoms in total. The second-order valence-electron chi connectivity index (χ2n) is 3.00. The quantitative estimate of drug-likeness (QED) is 0.710. The molecule has 0 unspecified atom stereocenters. The molecule has 0 saturated carbocycles. The molecule has 72 valence electrons. The highest BCUT2D eigenvalue weighted by molar-refractivity contribution is 5.73. The minimum atomic E-state index is -0.0961. The van der Waals surface area contributed by atoms with E-state index in [1.54, 1.807) is 25.0 Å². The third kappa shape index (κ3) is 2.47. The van der Waals surface area contributed by atoms with Crippen LogP contribution in [0.3, 0.4) is 0 Å². The van der Waals surface area contributed by atoms with Crippen molar-refractivity contribution in [3.8, 4) is 0 Å². The maximum absolute atomic E-state index is 11.1. The lowest BCUT2D eigenvalue weighted by atomic mass is 10.4. The zero-order chi connectivity index (χ0) is 9.84. The number of aryl methyl sites for hydroxylation is 1. The fourth-order valence-corrected chi connectivity index (χ4v) is 0.899. The van der Waals surface area contributed by atoms with Crippen molar-refractivity contribution in [1.82, 2.24) is 20.0 Å². The van der Waals surface area contributed by atoms with Crippen LogP contribution in [0, 0.1) is 0 Å². The molecule has 0 spiro atoms. The van der Waals surface area contributed by atoms with E-state index < -0.39 is 0 Å². The Morgan fingerprint density at radius 2 is 2.38 bits per heavy atom. The van der Waals surface area contributed by atoms with Gasteiger partial charge in [-0.2, -0.15) is 5.10 Å². The normalized spacial score (nSPS) is 9.77. The average molecular weight is 182 g/mol. The average Bonchev–Trinajstić information content (AvgIpc) is 2.47. The summed E-state index contributed by atoms with van der Waals surface area (Å²) in [6, 6.07) is 1.77. The highest BCUT2D eigenvalue weighted by Gasteiger charge is 2.03. The second kappa shape index (κ2) is 3.93. The summed E-state index contributed by atoms with van der Waals surface area (Å²) in [5, 5.41) is 6.74. The van der Waals surface area contributed by atoms with Crippen molar-refractivity contribution in [2.75, 3.05) is 14.1 Å². The highest BCUT2D eigenvalue weighted by Crippen LogP contribution is 1.94. The molecule has 1 N–H and O–H groups in total. The summed E-state index contributed by atoms with van der Waals surface area (Å²) in [5.74, 6) is 0. The minimum Gasteiger partial charge on any atom is -0.332 e. The Morgan fingerprint density at radius 3 is 2.85 bits per heavy atom. The number of urea groups is 1. The maximum atomic E-state index is 11.1. The van der Waals surface area contributed by atoms with Crippen LogP contribution in [0.4, 0.5) is 4.79 Å². The molecule has 1 rings (SSSR count). The molecule has 0 aliphatic heterocycles. The number of amides is 2. The molecule has 13 heavy (non-hydrogen) atoms. The molecule has 2 amide bonds. The Labute approximate surface area is 77.3 Å². The number of hydrogen-bond acceptors (Lipinski definition) is 2. The van der Waals surface area contributed by atoms with Gasteiger partial charge in [-0.05, 0) is 6.07 Å². The molecule has 1 aromatic heterocycles. The van der Waals surface area contributed by atoms with Crippen molar-refractivity contribution < 1.29 is 4.79 Å². The predicted molar refractivity (Wildman–Crippen MR) is 49.1 cm³/mol. The van der Waals surface area contributed by atoms with E-state index in [1.807, 2.05) is 13.1 Å². The van der Waals surface area contributed by atoms with Gasteiger partial charge in [0.25, 0.3) is 0 Å². The predicted octanol–water partition coefficient (Wildman–Crippen LogP) is 0.191. The number of hydrogen-bond donors (Lipinski definition) is 1. The third-order valence-corrected chi connectivity index (χ3v) is 1.75. The number of aromatic nitrogens is 2. The molecular formula is C8H14N4O. The number of rotatable bonds is 2. The van der Waals surface area contributed by atoms with Crippen LogP contribution in [-0.4, -0.2) is 34.8 Å². The van der Waals surface area contributed by atoms with Crippen LogP contribution in [-0.2, 0) is 13.6 Å². The van der Waals surface area contributed by atoms with Crippen molar-refractivity contribution >= 4 is 6.03 Å². The SMILES string of the molecule is CN(C)C(=O)NCc1ccnn1C. The van der Waals surface area contributed by atoms with E-state index in [1.165, 1.54) is 4.90 Å². The Kier molecular flexibility index (Phi) is 2.89. The van der Waals surface area contributed by atoms with Crippen LogP contribution in [0.15, 0.2) is 12.3 Å². The molecule has 0 aliphatic rings. The largest absolute Gasteiger partial charge is 0.332 e. The molecule has 0 saturated heterocycles. The van der Waals surface area contributed by atoms with Gasteiger partial charge in [0, 0.05) is 27.3 Å². The summed E-state index contributed by atoms with van der Waals surface area (Å²) >= 11 is 0. The summed E-state index contributed by atoms with van der Waals surface area (Å²) in [5.41, 5.74) is 0.982. The van der Waals surface area contributed by atoms with Gasteiger partial charge in [0.1, 0.15) is 0 Å². The van der Waals surface area contributed by atoms with Crippen LogP contribution in [0.2, 0.25) is 0 Å². The molecule has 1 aromatic rings. The monoisotopic (exact) mass is 182 g/mol. The van der Waals surface area contributed by atoms with E-state index in [-0.39, 0.29) is 6.03 Å². The van der Waals surface area contributed by atoms with Crippen molar-refractivity contribution in [3.63, 3.8) is 0 Å². The van der Waals surface area contributed by atoms with Crippen LogP contribution in [0.5, 0.6) is 0 Å². The molecule has 0 atom stereocenters. The first-order valence-electron chi connectivity index (χ1n) is 4.03. The fourth-order valence-electron chi connectivity index (χ4n) is 0.899. The second-order valence-corrected chi connectivity index (χ2v) is 3.00. The van der Waals surface area contributed by atoms with Crippen LogP contribution < -0.4 is 5.32 Å². The fraction of sp³-hybridized carbons (Fsp3) is 0.500. The Bertz CT molecular complexity index is 292. The van der Waals surface area contributed by atoms with Gasteiger partial charge in [0.05, 0.1) is 12.2 Å². The third-order valence-electron chi connectivity index (χ3n) is 1.75. The summed E-state index contributed by atoms with van der Waals surface area (Å²) in [4.78, 5) is 12.6. The van der Waals surface area contributed by atoms with Crippen LogP contribution >= 0.6 is 0 Å². The van der Waals surface area contributed by atoms with E-state index in [9.17, 15) is 4.79 Å². The lowest BCUT2D eigenvalue weighted by Crippen LogP contribution is -2.34. The lowest BCUT2D eigenvalue weighted by molar-refractivity contribution is 0.216. The number of nitrogens with zero attached hydrogens (tertiary/aromatic N) is 3. The summed E-state index contributed by atoms with van der Waals surface area (Å²) in [6.45, 7) is 0.507. The number of nitrogens with one attached hydrogen (secondary N) is 1. The minimum absolute atomic E-state index is 0.0961. The summed E-state index contributed by atoms with van der Waals surface area (Å²) in [6.07, 6.45) is 1.71. The van der Waals surface area contributed by atoms with E-state index >= 15 is 0 Å². The smallest absolute Gasteiger partial charge is 0.317 e. The molecule has 1 heterocycles. The van der Waals surface area contributed by atoms with Crippen molar-refractivity contribution in [2.45, 2.75) is 6.54 Å². The molecule has 5 heteroatoms. The number of carbonyl (C=O) groups is 1. The van der Waals surface area contributed by atoms with E-state index in [0.717, 1.165) is 5.69 Å². The van der Waals surface area contributed by atoms with Crippen molar-refractivity contribution in [1.29, 1.82) is 0 Å². The number of carbonyl (C=O) groups excluding carboxylic acids is 1. The first-order chi connectivity index (χ1) is 6.11. The molecule has 0 radical (unpaired) electrons. The zero-order valence-corrected chi connectivity index (χ0v) is 8.11. The molecular weight excluding hydrogens is 168 g/mol. The highest BCUT2D eigenvalue weighted by atomic mass is 16.2. The summed E-state index contributed by atoms with van der Waals surface area (Å²) < 4.78 is 1.73. The van der Waals surface area contributed by atoms with Gasteiger partial charge in [-0.3, -0.25) is 4.68 Å². The Morgan fingerprint density at radius 1 is 1.69 bits per heavy atom. The topological polar surface area (TPSA) is 50.2 Å². The maximum Gasteiger partial charge on any atom is 0.317 e. The van der Waals surface area contributed by atoms with Gasteiger partial charge in [0.15, 0.2) is 0 Å². The molecule has 0 aromatic carbocycles. The van der Waals surface area contributed by atoms with Gasteiger partial charge in [0.2, 0.25) is 0 Å². The standard InChI is InChI=1S/C8H14N4O/c1-11(2)8(13)9-6-7-4-5-10-12(7)3/h4-5H,6H2,1-3H3,(H,9,13). The van der Waals surface area contributed by atoms with Gasteiger partial charge in [-0.15, -0.1) is 0 Å². The Hall–Kier alpha value is -1.52. The van der Waals surface area contributed by atoms with Gasteiger partial charge in [-0.25, -0.2) is 4.79 Å². The Balaban J connectivity index is 2.44. The van der Waals surface area contributed by atoms with Crippen LogP contribution in [0.1, 0.15) is 5.69 Å². The van der Waals surface area contributed by atoms with Crippen molar-refractivity contribution in [2.24, 2.45) is 7.05 Å². The zero-order valence-electron chi connectivity index (χ0n) is 8.11.